The molecule has 17 heavy (non-hydrogen) atoms. The lowest BCUT2D eigenvalue weighted by atomic mass is 10.0. The van der Waals surface area contributed by atoms with Crippen molar-refractivity contribution in [3.05, 3.63) is 41.5 Å². The molecule has 0 aliphatic rings. The monoisotopic (exact) mass is 292 g/mol. The molecule has 0 amide bonds. The quantitative estimate of drug-likeness (QED) is 0.634. The smallest absolute Gasteiger partial charge is 0.153 e. The minimum absolute atomic E-state index is 0.554. The van der Waals surface area contributed by atoms with Crippen LogP contribution >= 0.6 is 15.9 Å². The first-order valence-corrected chi connectivity index (χ1v) is 6.55. The summed E-state index contributed by atoms with van der Waals surface area (Å²) in [6, 6.07) is 9.94. The van der Waals surface area contributed by atoms with Crippen LogP contribution in [-0.2, 0) is 0 Å². The Labute approximate surface area is 109 Å². The number of fused-ring (bicyclic) bond motifs is 1. The molecular weight excluding hydrogens is 280 g/mol. The zero-order valence-corrected chi connectivity index (χ0v) is 11.2. The second-order valence-corrected chi connectivity index (χ2v) is 4.69. The van der Waals surface area contributed by atoms with E-state index in [4.69, 9.17) is 4.74 Å². The van der Waals surface area contributed by atoms with E-state index < -0.39 is 0 Å². The van der Waals surface area contributed by atoms with E-state index in [1.165, 1.54) is 5.56 Å². The van der Waals surface area contributed by atoms with Crippen molar-refractivity contribution < 1.29 is 9.53 Å². The van der Waals surface area contributed by atoms with Gasteiger partial charge in [0.2, 0.25) is 0 Å². The molecule has 0 fully saturated rings. The highest BCUT2D eigenvalue weighted by molar-refractivity contribution is 9.09. The molecule has 2 nitrogen and oxygen atoms in total. The minimum Gasteiger partial charge on any atom is -0.492 e. The van der Waals surface area contributed by atoms with E-state index in [1.54, 1.807) is 0 Å². The van der Waals surface area contributed by atoms with Gasteiger partial charge in [-0.3, -0.25) is 4.79 Å². The summed E-state index contributed by atoms with van der Waals surface area (Å²) >= 11 is 3.30. The number of rotatable bonds is 4. The molecule has 2 rings (SSSR count). The van der Waals surface area contributed by atoms with Crippen molar-refractivity contribution in [2.45, 2.75) is 6.92 Å². The maximum atomic E-state index is 11.0. The van der Waals surface area contributed by atoms with Crippen LogP contribution < -0.4 is 4.74 Å². The van der Waals surface area contributed by atoms with E-state index in [2.05, 4.69) is 22.0 Å². The lowest BCUT2D eigenvalue weighted by Crippen LogP contribution is -2.00. The first kappa shape index (κ1) is 12.1. The number of alkyl halides is 1. The maximum absolute atomic E-state index is 11.0. The maximum Gasteiger partial charge on any atom is 0.153 e. The second-order valence-electron chi connectivity index (χ2n) is 3.90. The minimum atomic E-state index is 0.554. The number of hydrogen-bond donors (Lipinski definition) is 0. The fourth-order valence-corrected chi connectivity index (χ4v) is 1.94. The Bertz CT molecular complexity index is 549. The predicted octanol–water partition coefficient (Wildman–Crippen LogP) is 3.73. The Kier molecular flexibility index (Phi) is 3.79. The van der Waals surface area contributed by atoms with Crippen molar-refractivity contribution in [2.24, 2.45) is 0 Å². The van der Waals surface area contributed by atoms with Crippen LogP contribution in [0.1, 0.15) is 15.9 Å². The van der Waals surface area contributed by atoms with Crippen molar-refractivity contribution in [2.75, 3.05) is 11.9 Å². The van der Waals surface area contributed by atoms with Crippen LogP contribution in [0, 0.1) is 6.92 Å². The standard InChI is InChI=1S/C14H13BrO2/c1-10-2-3-11-7-13(9-16)14(17-5-4-15)8-12(11)6-10/h2-3,6-9H,4-5H2,1H3. The van der Waals surface area contributed by atoms with Gasteiger partial charge in [-0.15, -0.1) is 0 Å². The highest BCUT2D eigenvalue weighted by Crippen LogP contribution is 2.25. The Morgan fingerprint density at radius 1 is 1.24 bits per heavy atom. The van der Waals surface area contributed by atoms with Crippen molar-refractivity contribution in [3.63, 3.8) is 0 Å². The van der Waals surface area contributed by atoms with Crippen LogP contribution in [0.3, 0.4) is 0 Å². The number of benzene rings is 2. The molecule has 3 heteroatoms. The zero-order valence-electron chi connectivity index (χ0n) is 9.57. The van der Waals surface area contributed by atoms with E-state index in [1.807, 2.05) is 31.2 Å². The van der Waals surface area contributed by atoms with E-state index >= 15 is 0 Å². The van der Waals surface area contributed by atoms with Gasteiger partial charge in [-0.05, 0) is 29.8 Å². The van der Waals surface area contributed by atoms with Crippen molar-refractivity contribution >= 4 is 33.0 Å². The molecule has 0 saturated carbocycles. The fourth-order valence-electron chi connectivity index (χ4n) is 1.78. The molecule has 0 N–H and O–H groups in total. The Balaban J connectivity index is 2.53. The van der Waals surface area contributed by atoms with Gasteiger partial charge in [0.05, 0.1) is 12.2 Å². The highest BCUT2D eigenvalue weighted by Gasteiger charge is 2.05. The molecule has 2 aromatic carbocycles. The largest absolute Gasteiger partial charge is 0.492 e. The average molecular weight is 293 g/mol. The van der Waals surface area contributed by atoms with Crippen LogP contribution in [0.4, 0.5) is 0 Å². The third-order valence-corrected chi connectivity index (χ3v) is 2.91. The number of ether oxygens (including phenoxy) is 1. The number of aryl methyl sites for hydroxylation is 1. The highest BCUT2D eigenvalue weighted by atomic mass is 79.9. The number of halogens is 1. The van der Waals surface area contributed by atoms with E-state index in [-0.39, 0.29) is 0 Å². The molecule has 0 spiro atoms. The molecule has 2 aromatic rings. The van der Waals surface area contributed by atoms with Gasteiger partial charge in [-0.2, -0.15) is 0 Å². The van der Waals surface area contributed by atoms with Crippen LogP contribution in [0.2, 0.25) is 0 Å². The summed E-state index contributed by atoms with van der Waals surface area (Å²) in [6.07, 6.45) is 0.836. The molecule has 0 unspecified atom stereocenters. The molecule has 0 aliphatic heterocycles. The van der Waals surface area contributed by atoms with Gasteiger partial charge in [0, 0.05) is 5.33 Å². The molecule has 0 radical (unpaired) electrons. The van der Waals surface area contributed by atoms with Gasteiger partial charge < -0.3 is 4.74 Å². The van der Waals surface area contributed by atoms with Gasteiger partial charge in [0.1, 0.15) is 5.75 Å². The molecule has 0 bridgehead atoms. The van der Waals surface area contributed by atoms with Gasteiger partial charge in [0.25, 0.3) is 0 Å². The van der Waals surface area contributed by atoms with Crippen molar-refractivity contribution in [1.82, 2.24) is 0 Å². The fraction of sp³-hybridized carbons (Fsp3) is 0.214. The Morgan fingerprint density at radius 2 is 2.06 bits per heavy atom. The summed E-state index contributed by atoms with van der Waals surface area (Å²) in [5.41, 5.74) is 1.80. The molecule has 0 aliphatic carbocycles. The normalized spacial score (nSPS) is 10.5. The van der Waals surface area contributed by atoms with Crippen molar-refractivity contribution in [3.8, 4) is 5.75 Å². The van der Waals surface area contributed by atoms with E-state index in [0.29, 0.717) is 17.9 Å². The molecule has 88 valence electrons. The lowest BCUT2D eigenvalue weighted by Gasteiger charge is -2.09. The molecule has 0 saturated heterocycles. The van der Waals surface area contributed by atoms with Crippen LogP contribution in [0.25, 0.3) is 10.8 Å². The molecule has 0 aromatic heterocycles. The van der Waals surface area contributed by atoms with Crippen LogP contribution in [0.5, 0.6) is 5.75 Å². The molecular formula is C14H13BrO2. The molecule has 0 atom stereocenters. The Morgan fingerprint density at radius 3 is 2.76 bits per heavy atom. The summed E-state index contributed by atoms with van der Waals surface area (Å²) < 4.78 is 5.55. The van der Waals surface area contributed by atoms with Gasteiger partial charge in [-0.1, -0.05) is 39.7 Å². The van der Waals surface area contributed by atoms with Gasteiger partial charge >= 0.3 is 0 Å². The summed E-state index contributed by atoms with van der Waals surface area (Å²) in [6.45, 7) is 2.60. The Hall–Kier alpha value is -1.35. The van der Waals surface area contributed by atoms with E-state index in [9.17, 15) is 4.79 Å². The number of aldehydes is 1. The van der Waals surface area contributed by atoms with Gasteiger partial charge in [-0.25, -0.2) is 0 Å². The predicted molar refractivity (Wildman–Crippen MR) is 73.4 cm³/mol. The average Bonchev–Trinajstić information content (AvgIpc) is 2.35. The SMILES string of the molecule is Cc1ccc2cc(C=O)c(OCCBr)cc2c1. The number of carbonyl (C=O) groups is 1. The number of carbonyl (C=O) groups excluding carboxylic acids is 1. The molecule has 0 heterocycles. The summed E-state index contributed by atoms with van der Waals surface area (Å²) in [5.74, 6) is 0.651. The number of hydrogen-bond acceptors (Lipinski definition) is 2. The van der Waals surface area contributed by atoms with Crippen LogP contribution in [-0.4, -0.2) is 18.2 Å². The second kappa shape index (κ2) is 5.32. The summed E-state index contributed by atoms with van der Waals surface area (Å²) in [5, 5.41) is 2.90. The van der Waals surface area contributed by atoms with Crippen LogP contribution in [0.15, 0.2) is 30.3 Å². The summed E-state index contributed by atoms with van der Waals surface area (Å²) in [7, 11) is 0. The topological polar surface area (TPSA) is 26.3 Å². The third-order valence-electron chi connectivity index (χ3n) is 2.59. The first-order chi connectivity index (χ1) is 8.24. The van der Waals surface area contributed by atoms with Gasteiger partial charge in [0.15, 0.2) is 6.29 Å². The van der Waals surface area contributed by atoms with Crippen molar-refractivity contribution in [1.29, 1.82) is 0 Å². The third kappa shape index (κ3) is 2.67. The zero-order chi connectivity index (χ0) is 12.3. The lowest BCUT2D eigenvalue weighted by molar-refractivity contribution is 0.112. The van der Waals surface area contributed by atoms with E-state index in [0.717, 1.165) is 22.4 Å². The first-order valence-electron chi connectivity index (χ1n) is 5.43. The summed E-state index contributed by atoms with van der Waals surface area (Å²) in [4.78, 5) is 11.0.